The number of amides is 2. The number of anilines is 1. The monoisotopic (exact) mass is 738 g/mol. The highest BCUT2D eigenvalue weighted by molar-refractivity contribution is 7.92. The third kappa shape index (κ3) is 6.98. The SMILES string of the molecule is CO[C@H]1/C=C/C[C@H](C)C[S@@](=O)(NC(=O)c2cc3n(c2)C(=O)CCC3)=NC(=O)c2ccc3c(c2)N(C[C@@H]2CC[C@H]21)C[C@@]1(CCCc2cc(C)ccc21)CO3. The van der Waals surface area contributed by atoms with Crippen LogP contribution in [0.2, 0.25) is 0 Å². The number of methoxy groups -OCH3 is 1. The van der Waals surface area contributed by atoms with Gasteiger partial charge in [-0.25, -0.2) is 4.21 Å². The van der Waals surface area contributed by atoms with Crippen LogP contribution in [0.3, 0.4) is 0 Å². The molecule has 10 nitrogen and oxygen atoms in total. The third-order valence-corrected chi connectivity index (χ3v) is 14.2. The van der Waals surface area contributed by atoms with Crippen molar-refractivity contribution in [1.29, 1.82) is 0 Å². The summed E-state index contributed by atoms with van der Waals surface area (Å²) >= 11 is 0. The van der Waals surface area contributed by atoms with E-state index < -0.39 is 21.7 Å². The highest BCUT2D eigenvalue weighted by atomic mass is 32.2. The smallest absolute Gasteiger partial charge is 0.286 e. The number of rotatable bonds is 3. The number of nitrogens with zero attached hydrogens (tertiary/aromatic N) is 3. The second kappa shape index (κ2) is 14.2. The molecule has 11 heteroatoms. The Morgan fingerprint density at radius 1 is 1.08 bits per heavy atom. The van der Waals surface area contributed by atoms with Crippen LogP contribution in [-0.2, 0) is 32.9 Å². The van der Waals surface area contributed by atoms with E-state index in [0.717, 1.165) is 63.0 Å². The van der Waals surface area contributed by atoms with Crippen LogP contribution in [0.4, 0.5) is 5.69 Å². The van der Waals surface area contributed by atoms with Crippen molar-refractivity contribution in [2.45, 2.75) is 83.2 Å². The fourth-order valence-electron chi connectivity index (χ4n) is 9.33. The van der Waals surface area contributed by atoms with Crippen LogP contribution < -0.4 is 14.4 Å². The molecule has 2 bridgehead atoms. The van der Waals surface area contributed by atoms with Gasteiger partial charge in [0.05, 0.1) is 29.7 Å². The van der Waals surface area contributed by atoms with Crippen LogP contribution in [-0.4, -0.2) is 65.2 Å². The molecule has 3 aromatic rings. The second-order valence-corrected chi connectivity index (χ2v) is 18.1. The Kier molecular flexibility index (Phi) is 9.60. The summed E-state index contributed by atoms with van der Waals surface area (Å²) in [5, 5.41) is 0. The Hall–Kier alpha value is -4.22. The summed E-state index contributed by atoms with van der Waals surface area (Å²) in [6.07, 6.45) is 13.3. The van der Waals surface area contributed by atoms with Gasteiger partial charge in [-0.15, -0.1) is 4.36 Å². The van der Waals surface area contributed by atoms with Crippen molar-refractivity contribution in [1.82, 2.24) is 9.29 Å². The molecule has 1 N–H and O–H groups in total. The third-order valence-electron chi connectivity index (χ3n) is 12.2. The summed E-state index contributed by atoms with van der Waals surface area (Å²) in [7, 11) is -1.82. The summed E-state index contributed by atoms with van der Waals surface area (Å²) in [5.74, 6) is -0.0885. The Labute approximate surface area is 312 Å². The number of carbonyl (C=O) groups excluding carboxylic acids is 3. The predicted octanol–water partition coefficient (Wildman–Crippen LogP) is 6.84. The maximum atomic E-state index is 14.7. The lowest BCUT2D eigenvalue weighted by molar-refractivity contribution is 0.0131. The van der Waals surface area contributed by atoms with Crippen molar-refractivity contribution >= 4 is 33.3 Å². The van der Waals surface area contributed by atoms with Gasteiger partial charge in [-0.3, -0.25) is 23.7 Å². The van der Waals surface area contributed by atoms with Crippen LogP contribution in [0.15, 0.2) is 65.2 Å². The fraction of sp³-hybridized carbons (Fsp3) is 0.500. The van der Waals surface area contributed by atoms with Gasteiger partial charge in [-0.1, -0.05) is 42.8 Å². The quantitative estimate of drug-likeness (QED) is 0.293. The van der Waals surface area contributed by atoms with Crippen molar-refractivity contribution in [2.24, 2.45) is 22.1 Å². The molecule has 2 amide bonds. The maximum Gasteiger partial charge on any atom is 0.286 e. The van der Waals surface area contributed by atoms with Gasteiger partial charge in [0.25, 0.3) is 11.8 Å². The van der Waals surface area contributed by atoms with Gasteiger partial charge in [0.15, 0.2) is 0 Å². The van der Waals surface area contributed by atoms with E-state index in [0.29, 0.717) is 49.0 Å². The number of ether oxygens (including phenoxy) is 2. The van der Waals surface area contributed by atoms with Gasteiger partial charge in [0.2, 0.25) is 5.91 Å². The summed E-state index contributed by atoms with van der Waals surface area (Å²) in [5.41, 5.74) is 5.88. The Bertz CT molecular complexity index is 2110. The first-order chi connectivity index (χ1) is 25.5. The topological polar surface area (TPSA) is 119 Å². The molecule has 3 aliphatic heterocycles. The van der Waals surface area contributed by atoms with Gasteiger partial charge < -0.3 is 14.4 Å². The zero-order chi connectivity index (χ0) is 36.9. The molecule has 4 heterocycles. The molecule has 1 spiro atoms. The van der Waals surface area contributed by atoms with Crippen LogP contribution in [0, 0.1) is 24.7 Å². The Morgan fingerprint density at radius 3 is 2.74 bits per heavy atom. The van der Waals surface area contributed by atoms with Gasteiger partial charge in [0.1, 0.15) is 15.7 Å². The number of hydrogen-bond acceptors (Lipinski definition) is 7. The first kappa shape index (κ1) is 35.8. The summed E-state index contributed by atoms with van der Waals surface area (Å²) in [6.45, 7) is 6.17. The molecule has 8 rings (SSSR count). The number of benzene rings is 2. The molecule has 280 valence electrons. The molecule has 0 unspecified atom stereocenters. The van der Waals surface area contributed by atoms with Crippen LogP contribution in [0.1, 0.15) is 99.8 Å². The zero-order valence-corrected chi connectivity index (χ0v) is 31.8. The van der Waals surface area contributed by atoms with E-state index in [2.05, 4.69) is 51.3 Å². The maximum absolute atomic E-state index is 14.7. The number of allylic oxidation sites excluding steroid dienone is 1. The van der Waals surface area contributed by atoms with Crippen molar-refractivity contribution in [3.05, 3.63) is 94.3 Å². The number of nitrogens with one attached hydrogen (secondary N) is 1. The van der Waals surface area contributed by atoms with E-state index in [-0.39, 0.29) is 34.7 Å². The lowest BCUT2D eigenvalue weighted by Crippen LogP contribution is -2.49. The first-order valence-corrected chi connectivity index (χ1v) is 20.9. The normalized spacial score (nSPS) is 30.4. The number of aryl methyl sites for hydroxylation is 3. The van der Waals surface area contributed by atoms with Crippen LogP contribution >= 0.6 is 0 Å². The average Bonchev–Trinajstić information content (AvgIpc) is 3.51. The summed E-state index contributed by atoms with van der Waals surface area (Å²) < 4.78 is 35.9. The molecule has 0 radical (unpaired) electrons. The molecule has 53 heavy (non-hydrogen) atoms. The molecule has 5 aliphatic rings. The first-order valence-electron chi connectivity index (χ1n) is 19.2. The van der Waals surface area contributed by atoms with E-state index >= 15 is 0 Å². The van der Waals surface area contributed by atoms with Crippen molar-refractivity contribution in [2.75, 3.05) is 37.5 Å². The molecule has 6 atom stereocenters. The summed E-state index contributed by atoms with van der Waals surface area (Å²) in [6, 6.07) is 13.9. The van der Waals surface area contributed by atoms with E-state index in [1.54, 1.807) is 19.2 Å². The minimum absolute atomic E-state index is 0.0212. The van der Waals surface area contributed by atoms with Gasteiger partial charge in [0, 0.05) is 49.5 Å². The van der Waals surface area contributed by atoms with Crippen LogP contribution in [0.25, 0.3) is 0 Å². The van der Waals surface area contributed by atoms with Crippen LogP contribution in [0.5, 0.6) is 5.75 Å². The number of aromatic nitrogens is 1. The van der Waals surface area contributed by atoms with E-state index in [1.165, 1.54) is 27.5 Å². The van der Waals surface area contributed by atoms with Gasteiger partial charge in [-0.05, 0) is 111 Å². The molecule has 1 saturated carbocycles. The van der Waals surface area contributed by atoms with Crippen molar-refractivity contribution in [3.63, 3.8) is 0 Å². The molecule has 0 saturated heterocycles. The van der Waals surface area contributed by atoms with E-state index in [9.17, 15) is 18.6 Å². The second-order valence-electron chi connectivity index (χ2n) is 16.1. The largest absolute Gasteiger partial charge is 0.490 e. The minimum atomic E-state index is -3.58. The molecular formula is C42H50N4O6S. The van der Waals surface area contributed by atoms with E-state index in [4.69, 9.17) is 9.47 Å². The van der Waals surface area contributed by atoms with Crippen molar-refractivity contribution in [3.8, 4) is 5.75 Å². The van der Waals surface area contributed by atoms with Gasteiger partial charge >= 0.3 is 0 Å². The average molecular weight is 739 g/mol. The molecule has 1 aromatic heterocycles. The van der Waals surface area contributed by atoms with E-state index in [1.807, 2.05) is 19.1 Å². The lowest BCUT2D eigenvalue weighted by atomic mass is 9.68. The Morgan fingerprint density at radius 2 is 1.94 bits per heavy atom. The summed E-state index contributed by atoms with van der Waals surface area (Å²) in [4.78, 5) is 42.6. The molecule has 2 aromatic carbocycles. The fourth-order valence-corrected chi connectivity index (χ4v) is 11.2. The van der Waals surface area contributed by atoms with Gasteiger partial charge in [-0.2, -0.15) is 0 Å². The molecule has 1 fully saturated rings. The van der Waals surface area contributed by atoms with Crippen molar-refractivity contribution < 1.29 is 28.1 Å². The highest BCUT2D eigenvalue weighted by Gasteiger charge is 2.44. The predicted molar refractivity (Wildman–Crippen MR) is 205 cm³/mol. The standard InChI is InChI=1S/C42H50N4O6S/c1-27-12-16-35-29(19-27)8-6-18-42(35)25-45-22-31-13-15-34(31)37(51-3)10-4-7-28(2)24-53(50,43-40(48)30-14-17-38(52-26-42)36(45)21-30)44-41(49)32-20-33-9-5-11-39(47)46(33)23-32/h4,10,12,14,16-17,19-21,23,28,31,34,37H,5-9,11,13,15,18,22,24-26H2,1-3H3,(H,43,44,48,49,50)/b10-4+/t28-,31-,34+,37-,42-,53-/m0/s1. The molecule has 2 aliphatic carbocycles. The Balaban J connectivity index is 1.18. The number of carbonyl (C=O) groups is 3. The highest BCUT2D eigenvalue weighted by Crippen LogP contribution is 2.47. The number of fused-ring (bicyclic) bond motifs is 5. The zero-order valence-electron chi connectivity index (χ0n) is 31.0. The number of hydrogen-bond donors (Lipinski definition) is 1. The lowest BCUT2D eigenvalue weighted by Gasteiger charge is -2.46. The molecular weight excluding hydrogens is 689 g/mol. The minimum Gasteiger partial charge on any atom is -0.490 e.